The van der Waals surface area contributed by atoms with Gasteiger partial charge in [-0.25, -0.2) is 8.42 Å². The summed E-state index contributed by atoms with van der Waals surface area (Å²) in [5.41, 5.74) is 1.37. The van der Waals surface area contributed by atoms with E-state index in [0.717, 1.165) is 28.4 Å². The van der Waals surface area contributed by atoms with E-state index in [0.29, 0.717) is 18.8 Å². The van der Waals surface area contributed by atoms with Crippen LogP contribution in [0.1, 0.15) is 29.1 Å². The Morgan fingerprint density at radius 1 is 1.10 bits per heavy atom. The third-order valence-corrected chi connectivity index (χ3v) is 8.38. The number of anilines is 1. The van der Waals surface area contributed by atoms with E-state index >= 15 is 0 Å². The van der Waals surface area contributed by atoms with Crippen molar-refractivity contribution in [3.8, 4) is 0 Å². The van der Waals surface area contributed by atoms with Gasteiger partial charge in [-0.05, 0) is 43.0 Å². The van der Waals surface area contributed by atoms with E-state index in [4.69, 9.17) is 0 Å². The minimum atomic E-state index is -3.69. The Bertz CT molecular complexity index is 995. The highest BCUT2D eigenvalue weighted by Crippen LogP contribution is 2.28. The van der Waals surface area contributed by atoms with Gasteiger partial charge in [0.1, 0.15) is 9.77 Å². The zero-order valence-electron chi connectivity index (χ0n) is 16.9. The van der Waals surface area contributed by atoms with Crippen LogP contribution in [-0.2, 0) is 21.2 Å². The Morgan fingerprint density at radius 2 is 1.77 bits per heavy atom. The first kappa shape index (κ1) is 22.8. The monoisotopic (exact) mass is 467 g/mol. The SMILES string of the molecule is CC(C)NC(=O)Cc1ccc(NC(=O)c2sccc2S(=O)(=O)N2CCSCC2)cc1. The maximum atomic E-state index is 13.0. The van der Waals surface area contributed by atoms with Crippen LogP contribution < -0.4 is 10.6 Å². The minimum Gasteiger partial charge on any atom is -0.354 e. The lowest BCUT2D eigenvalue weighted by atomic mass is 10.1. The van der Waals surface area contributed by atoms with Gasteiger partial charge < -0.3 is 10.6 Å². The molecule has 2 heterocycles. The molecule has 2 N–H and O–H groups in total. The molecule has 7 nitrogen and oxygen atoms in total. The number of carbonyl (C=O) groups excluding carboxylic acids is 2. The zero-order chi connectivity index (χ0) is 21.7. The summed E-state index contributed by atoms with van der Waals surface area (Å²) in [4.78, 5) is 24.8. The molecule has 0 spiro atoms. The Morgan fingerprint density at radius 3 is 2.40 bits per heavy atom. The Hall–Kier alpha value is -1.88. The van der Waals surface area contributed by atoms with Crippen molar-refractivity contribution in [1.29, 1.82) is 0 Å². The molecule has 0 radical (unpaired) electrons. The van der Waals surface area contributed by atoms with Crippen LogP contribution in [0.15, 0.2) is 40.6 Å². The normalized spacial score (nSPS) is 15.2. The molecule has 0 bridgehead atoms. The second-order valence-corrected chi connectivity index (χ2v) is 11.2. The molecule has 0 saturated carbocycles. The molecule has 1 aromatic heterocycles. The highest BCUT2D eigenvalue weighted by molar-refractivity contribution is 7.99. The number of hydrogen-bond acceptors (Lipinski definition) is 6. The molecule has 1 saturated heterocycles. The van der Waals surface area contributed by atoms with Gasteiger partial charge in [0.2, 0.25) is 15.9 Å². The van der Waals surface area contributed by atoms with Crippen molar-refractivity contribution in [2.45, 2.75) is 31.2 Å². The van der Waals surface area contributed by atoms with Gasteiger partial charge >= 0.3 is 0 Å². The average molecular weight is 468 g/mol. The van der Waals surface area contributed by atoms with Gasteiger partial charge in [-0.3, -0.25) is 9.59 Å². The summed E-state index contributed by atoms with van der Waals surface area (Å²) in [5, 5.41) is 7.21. The van der Waals surface area contributed by atoms with E-state index in [-0.39, 0.29) is 28.1 Å². The predicted octanol–water partition coefficient (Wildman–Crippen LogP) is 2.81. The molecule has 0 atom stereocenters. The summed E-state index contributed by atoms with van der Waals surface area (Å²) in [6, 6.07) is 8.53. The first-order valence-corrected chi connectivity index (χ1v) is 13.1. The number of benzene rings is 1. The van der Waals surface area contributed by atoms with Crippen LogP contribution in [0.3, 0.4) is 0 Å². The van der Waals surface area contributed by atoms with E-state index in [9.17, 15) is 18.0 Å². The van der Waals surface area contributed by atoms with Gasteiger partial charge in [-0.15, -0.1) is 11.3 Å². The van der Waals surface area contributed by atoms with Crippen LogP contribution in [0.25, 0.3) is 0 Å². The van der Waals surface area contributed by atoms with Gasteiger partial charge in [-0.1, -0.05) is 12.1 Å². The van der Waals surface area contributed by atoms with Crippen molar-refractivity contribution < 1.29 is 18.0 Å². The van der Waals surface area contributed by atoms with Crippen LogP contribution in [0.2, 0.25) is 0 Å². The number of rotatable bonds is 7. The highest BCUT2D eigenvalue weighted by Gasteiger charge is 2.31. The second kappa shape index (κ2) is 9.95. The largest absolute Gasteiger partial charge is 0.354 e. The van der Waals surface area contributed by atoms with Gasteiger partial charge in [0.05, 0.1) is 6.42 Å². The predicted molar refractivity (Wildman–Crippen MR) is 122 cm³/mol. The molecule has 2 aromatic rings. The van der Waals surface area contributed by atoms with Crippen LogP contribution in [0.5, 0.6) is 0 Å². The molecule has 3 rings (SSSR count). The number of thiophene rings is 1. The Balaban J connectivity index is 1.69. The van der Waals surface area contributed by atoms with E-state index in [1.807, 2.05) is 13.8 Å². The molecule has 1 fully saturated rings. The van der Waals surface area contributed by atoms with Crippen molar-refractivity contribution in [2.75, 3.05) is 29.9 Å². The van der Waals surface area contributed by atoms with E-state index in [1.165, 1.54) is 10.4 Å². The first-order chi connectivity index (χ1) is 14.3. The number of carbonyl (C=O) groups is 2. The van der Waals surface area contributed by atoms with Crippen LogP contribution in [0.4, 0.5) is 5.69 Å². The quantitative estimate of drug-likeness (QED) is 0.653. The van der Waals surface area contributed by atoms with Crippen molar-refractivity contribution in [1.82, 2.24) is 9.62 Å². The number of nitrogens with one attached hydrogen (secondary N) is 2. The van der Waals surface area contributed by atoms with Crippen LogP contribution in [-0.4, -0.2) is 55.2 Å². The molecule has 1 aliphatic rings. The number of amides is 2. The number of nitrogens with zero attached hydrogens (tertiary/aromatic N) is 1. The lowest BCUT2D eigenvalue weighted by Crippen LogP contribution is -2.38. The van der Waals surface area contributed by atoms with Gasteiger partial charge in [-0.2, -0.15) is 16.1 Å². The Labute approximate surface area is 185 Å². The molecule has 1 aromatic carbocycles. The second-order valence-electron chi connectivity index (χ2n) is 7.18. The lowest BCUT2D eigenvalue weighted by molar-refractivity contribution is -0.120. The maximum absolute atomic E-state index is 13.0. The zero-order valence-corrected chi connectivity index (χ0v) is 19.3. The summed E-state index contributed by atoms with van der Waals surface area (Å²) >= 11 is 2.83. The fraction of sp³-hybridized carbons (Fsp3) is 0.400. The molecule has 0 aliphatic carbocycles. The third kappa shape index (κ3) is 5.63. The van der Waals surface area contributed by atoms with Crippen molar-refractivity contribution >= 4 is 50.6 Å². The van der Waals surface area contributed by atoms with Crippen molar-refractivity contribution in [3.05, 3.63) is 46.2 Å². The smallest absolute Gasteiger partial charge is 0.267 e. The topological polar surface area (TPSA) is 95.6 Å². The van der Waals surface area contributed by atoms with Crippen LogP contribution in [0, 0.1) is 0 Å². The molecule has 30 heavy (non-hydrogen) atoms. The van der Waals surface area contributed by atoms with Gasteiger partial charge in [0, 0.05) is 36.3 Å². The van der Waals surface area contributed by atoms with Gasteiger partial charge in [0.25, 0.3) is 5.91 Å². The summed E-state index contributed by atoms with van der Waals surface area (Å²) in [5.74, 6) is 0.991. The number of thioether (sulfide) groups is 1. The summed E-state index contributed by atoms with van der Waals surface area (Å²) in [7, 11) is -3.69. The standard InChI is InChI=1S/C20H25N3O4S3/c1-14(2)21-18(24)13-15-3-5-16(6-4-15)22-20(25)19-17(7-10-29-19)30(26,27)23-8-11-28-12-9-23/h3-7,10,14H,8-9,11-13H2,1-2H3,(H,21,24)(H,22,25). The van der Waals surface area contributed by atoms with Crippen molar-refractivity contribution in [2.24, 2.45) is 0 Å². The molecular weight excluding hydrogens is 442 g/mol. The average Bonchev–Trinajstić information content (AvgIpc) is 3.20. The summed E-state index contributed by atoms with van der Waals surface area (Å²) < 4.78 is 27.4. The van der Waals surface area contributed by atoms with E-state index < -0.39 is 15.9 Å². The fourth-order valence-corrected chi connectivity index (χ4v) is 6.92. The van der Waals surface area contributed by atoms with Gasteiger partial charge in [0.15, 0.2) is 0 Å². The number of hydrogen-bond donors (Lipinski definition) is 2. The molecule has 0 unspecified atom stereocenters. The minimum absolute atomic E-state index is 0.0545. The Kier molecular flexibility index (Phi) is 7.56. The van der Waals surface area contributed by atoms with Crippen LogP contribution >= 0.6 is 23.1 Å². The maximum Gasteiger partial charge on any atom is 0.267 e. The third-order valence-electron chi connectivity index (χ3n) is 4.45. The molecule has 1 aliphatic heterocycles. The van der Waals surface area contributed by atoms with E-state index in [1.54, 1.807) is 41.4 Å². The lowest BCUT2D eigenvalue weighted by Gasteiger charge is -2.25. The highest BCUT2D eigenvalue weighted by atomic mass is 32.2. The van der Waals surface area contributed by atoms with E-state index in [2.05, 4.69) is 10.6 Å². The molecule has 162 valence electrons. The van der Waals surface area contributed by atoms with Crippen molar-refractivity contribution in [3.63, 3.8) is 0 Å². The molecule has 2 amide bonds. The summed E-state index contributed by atoms with van der Waals surface area (Å²) in [6.07, 6.45) is 0.258. The summed E-state index contributed by atoms with van der Waals surface area (Å²) in [6.45, 7) is 4.71. The first-order valence-electron chi connectivity index (χ1n) is 9.62. The fourth-order valence-electron chi connectivity index (χ4n) is 3.04. The number of sulfonamides is 1. The molecular formula is C20H25N3O4S3. The molecule has 10 heteroatoms.